The van der Waals surface area contributed by atoms with Crippen molar-refractivity contribution in [2.45, 2.75) is 19.0 Å². The van der Waals surface area contributed by atoms with Gasteiger partial charge in [-0.2, -0.15) is 13.2 Å². The van der Waals surface area contributed by atoms with E-state index in [-0.39, 0.29) is 18.0 Å². The zero-order valence-corrected chi connectivity index (χ0v) is 14.1. The zero-order chi connectivity index (χ0) is 18.3. The first-order valence-electron chi connectivity index (χ1n) is 7.77. The Morgan fingerprint density at radius 3 is 2.52 bits per heavy atom. The number of hydrogen-bond donors (Lipinski definition) is 2. The molecule has 0 spiro atoms. The molecule has 134 valence electrons. The van der Waals surface area contributed by atoms with Crippen LogP contribution in [0, 0.1) is 0 Å². The van der Waals surface area contributed by atoms with Crippen LogP contribution in [-0.4, -0.2) is 19.0 Å². The minimum Gasteiger partial charge on any atom is -0.326 e. The molecule has 3 nitrogen and oxygen atoms in total. The van der Waals surface area contributed by atoms with Gasteiger partial charge in [-0.25, -0.2) is 0 Å². The van der Waals surface area contributed by atoms with E-state index in [2.05, 4.69) is 10.6 Å². The lowest BCUT2D eigenvalue weighted by atomic mass is 10.1. The molecule has 1 amide bonds. The lowest BCUT2D eigenvalue weighted by Crippen LogP contribution is -2.23. The van der Waals surface area contributed by atoms with Crippen molar-refractivity contribution in [1.29, 1.82) is 0 Å². The molecule has 2 N–H and O–H groups in total. The number of benzene rings is 2. The van der Waals surface area contributed by atoms with E-state index < -0.39 is 11.7 Å². The first-order valence-corrected chi connectivity index (χ1v) is 8.14. The second-order valence-electron chi connectivity index (χ2n) is 5.51. The van der Waals surface area contributed by atoms with Crippen LogP contribution in [0.1, 0.15) is 17.5 Å². The van der Waals surface area contributed by atoms with E-state index in [0.29, 0.717) is 18.1 Å². The van der Waals surface area contributed by atoms with Crippen LogP contribution in [-0.2, 0) is 17.4 Å². The number of hydrogen-bond acceptors (Lipinski definition) is 2. The van der Waals surface area contributed by atoms with E-state index in [1.54, 1.807) is 6.07 Å². The van der Waals surface area contributed by atoms with E-state index in [1.807, 2.05) is 18.2 Å². The number of carbonyl (C=O) groups excluding carboxylic acids is 1. The van der Waals surface area contributed by atoms with E-state index in [1.165, 1.54) is 12.1 Å². The third kappa shape index (κ3) is 6.76. The van der Waals surface area contributed by atoms with Crippen LogP contribution in [0.2, 0.25) is 5.02 Å². The maximum Gasteiger partial charge on any atom is 0.416 e. The maximum atomic E-state index is 12.6. The predicted octanol–water partition coefficient (Wildman–Crippen LogP) is 4.52. The average molecular weight is 371 g/mol. The van der Waals surface area contributed by atoms with Crippen molar-refractivity contribution in [2.24, 2.45) is 0 Å². The fourth-order valence-electron chi connectivity index (χ4n) is 2.25. The van der Waals surface area contributed by atoms with Gasteiger partial charge in [0.2, 0.25) is 5.91 Å². The topological polar surface area (TPSA) is 41.1 Å². The van der Waals surface area contributed by atoms with Gasteiger partial charge in [0.05, 0.1) is 5.56 Å². The Morgan fingerprint density at radius 1 is 1.04 bits per heavy atom. The van der Waals surface area contributed by atoms with Crippen molar-refractivity contribution >= 4 is 23.2 Å². The van der Waals surface area contributed by atoms with Crippen LogP contribution in [0.4, 0.5) is 18.9 Å². The standard InChI is InChI=1S/C18H18ClF3N2O/c19-15-5-1-3-13(11-15)7-9-23-10-8-17(25)24-16-6-2-4-14(12-16)18(20,21)22/h1-6,11-12,23H,7-10H2,(H,24,25). The molecule has 0 aliphatic heterocycles. The summed E-state index contributed by atoms with van der Waals surface area (Å²) >= 11 is 5.90. The van der Waals surface area contributed by atoms with Crippen molar-refractivity contribution in [1.82, 2.24) is 5.32 Å². The molecule has 2 aromatic carbocycles. The molecule has 0 atom stereocenters. The number of nitrogens with one attached hydrogen (secondary N) is 2. The quantitative estimate of drug-likeness (QED) is 0.703. The molecule has 0 fully saturated rings. The Morgan fingerprint density at radius 2 is 1.80 bits per heavy atom. The van der Waals surface area contributed by atoms with Gasteiger partial charge < -0.3 is 10.6 Å². The lowest BCUT2D eigenvalue weighted by Gasteiger charge is -2.10. The van der Waals surface area contributed by atoms with Crippen molar-refractivity contribution in [2.75, 3.05) is 18.4 Å². The second kappa shape index (κ2) is 8.87. The van der Waals surface area contributed by atoms with Crippen LogP contribution in [0.5, 0.6) is 0 Å². The summed E-state index contributed by atoms with van der Waals surface area (Å²) in [5.74, 6) is -0.338. The summed E-state index contributed by atoms with van der Waals surface area (Å²) in [6, 6.07) is 12.1. The molecule has 0 aromatic heterocycles. The Bertz CT molecular complexity index is 719. The summed E-state index contributed by atoms with van der Waals surface area (Å²) < 4.78 is 37.9. The Labute approximate surface area is 149 Å². The average Bonchev–Trinajstić information content (AvgIpc) is 2.54. The highest BCUT2D eigenvalue weighted by atomic mass is 35.5. The van der Waals surface area contributed by atoms with Gasteiger partial charge in [0, 0.05) is 23.7 Å². The molecule has 0 aliphatic carbocycles. The fourth-order valence-corrected chi connectivity index (χ4v) is 2.46. The summed E-state index contributed by atoms with van der Waals surface area (Å²) in [7, 11) is 0. The molecule has 2 aromatic rings. The minimum absolute atomic E-state index is 0.138. The van der Waals surface area contributed by atoms with Crippen LogP contribution in [0.15, 0.2) is 48.5 Å². The molecule has 2 rings (SSSR count). The first-order chi connectivity index (χ1) is 11.8. The van der Waals surface area contributed by atoms with Gasteiger partial charge in [-0.15, -0.1) is 0 Å². The van der Waals surface area contributed by atoms with Crippen molar-refractivity contribution < 1.29 is 18.0 Å². The molecular weight excluding hydrogens is 353 g/mol. The Kier molecular flexibility index (Phi) is 6.84. The van der Waals surface area contributed by atoms with Gasteiger partial charge in [0.1, 0.15) is 0 Å². The summed E-state index contributed by atoms with van der Waals surface area (Å²) in [4.78, 5) is 11.8. The smallest absolute Gasteiger partial charge is 0.326 e. The zero-order valence-electron chi connectivity index (χ0n) is 13.4. The van der Waals surface area contributed by atoms with Crippen LogP contribution in [0.25, 0.3) is 0 Å². The second-order valence-corrected chi connectivity index (χ2v) is 5.94. The van der Waals surface area contributed by atoms with Crippen LogP contribution in [0.3, 0.4) is 0 Å². The molecular formula is C18H18ClF3N2O. The van der Waals surface area contributed by atoms with Gasteiger partial charge >= 0.3 is 6.18 Å². The highest BCUT2D eigenvalue weighted by Gasteiger charge is 2.30. The normalized spacial score (nSPS) is 11.4. The number of halogens is 4. The third-order valence-corrected chi connectivity index (χ3v) is 3.72. The third-order valence-electron chi connectivity index (χ3n) is 3.48. The summed E-state index contributed by atoms with van der Waals surface area (Å²) in [5, 5.41) is 6.27. The molecule has 0 saturated carbocycles. The number of rotatable bonds is 7. The van der Waals surface area contributed by atoms with Crippen LogP contribution < -0.4 is 10.6 Å². The van der Waals surface area contributed by atoms with Gasteiger partial charge in [-0.05, 0) is 48.9 Å². The molecule has 0 radical (unpaired) electrons. The van der Waals surface area contributed by atoms with E-state index >= 15 is 0 Å². The van der Waals surface area contributed by atoms with Crippen molar-refractivity contribution in [3.05, 3.63) is 64.7 Å². The number of anilines is 1. The maximum absolute atomic E-state index is 12.6. The van der Waals surface area contributed by atoms with Crippen LogP contribution >= 0.6 is 11.6 Å². The summed E-state index contributed by atoms with van der Waals surface area (Å²) in [6.07, 6.45) is -3.48. The predicted molar refractivity (Wildman–Crippen MR) is 92.7 cm³/mol. The first kappa shape index (κ1) is 19.3. The molecule has 0 heterocycles. The van der Waals surface area contributed by atoms with Crippen molar-refractivity contribution in [3.63, 3.8) is 0 Å². The highest BCUT2D eigenvalue weighted by Crippen LogP contribution is 2.30. The van der Waals surface area contributed by atoms with Gasteiger partial charge in [-0.1, -0.05) is 29.8 Å². The monoisotopic (exact) mass is 370 g/mol. The minimum atomic E-state index is -4.43. The molecule has 25 heavy (non-hydrogen) atoms. The number of amides is 1. The van der Waals surface area contributed by atoms with E-state index in [9.17, 15) is 18.0 Å². The van der Waals surface area contributed by atoms with E-state index in [0.717, 1.165) is 24.1 Å². The Hall–Kier alpha value is -2.05. The lowest BCUT2D eigenvalue weighted by molar-refractivity contribution is -0.137. The highest BCUT2D eigenvalue weighted by molar-refractivity contribution is 6.30. The Balaban J connectivity index is 1.71. The molecule has 0 saturated heterocycles. The fraction of sp³-hybridized carbons (Fsp3) is 0.278. The summed E-state index contributed by atoms with van der Waals surface area (Å²) in [5.41, 5.74) is 0.442. The molecule has 7 heteroatoms. The summed E-state index contributed by atoms with van der Waals surface area (Å²) in [6.45, 7) is 1.11. The number of carbonyl (C=O) groups is 1. The SMILES string of the molecule is O=C(CCNCCc1cccc(Cl)c1)Nc1cccc(C(F)(F)F)c1. The van der Waals surface area contributed by atoms with Gasteiger partial charge in [0.25, 0.3) is 0 Å². The largest absolute Gasteiger partial charge is 0.416 e. The van der Waals surface area contributed by atoms with Crippen molar-refractivity contribution in [3.8, 4) is 0 Å². The molecule has 0 unspecified atom stereocenters. The van der Waals surface area contributed by atoms with E-state index in [4.69, 9.17) is 11.6 Å². The van der Waals surface area contributed by atoms with Gasteiger partial charge in [0.15, 0.2) is 0 Å². The molecule has 0 aliphatic rings. The molecule has 0 bridgehead atoms. The number of alkyl halides is 3. The van der Waals surface area contributed by atoms with Gasteiger partial charge in [-0.3, -0.25) is 4.79 Å².